The molecule has 92 valence electrons. The second-order valence-electron chi connectivity index (χ2n) is 4.05. The molecule has 1 aromatic heterocycles. The fraction of sp³-hybridized carbons (Fsp3) is 0. The van der Waals surface area contributed by atoms with Crippen LogP contribution in [-0.2, 0) is 0 Å². The molecule has 0 aliphatic heterocycles. The highest BCUT2D eigenvalue weighted by Crippen LogP contribution is 2.21. The van der Waals surface area contributed by atoms with E-state index >= 15 is 0 Å². The highest BCUT2D eigenvalue weighted by Gasteiger charge is 2.14. The minimum Gasteiger partial charge on any atom is -0.296 e. The van der Waals surface area contributed by atoms with Crippen molar-refractivity contribution in [1.29, 1.82) is 0 Å². The van der Waals surface area contributed by atoms with E-state index < -0.39 is 0 Å². The molecule has 0 unspecified atom stereocenters. The van der Waals surface area contributed by atoms with Crippen LogP contribution in [0.2, 0.25) is 0 Å². The summed E-state index contributed by atoms with van der Waals surface area (Å²) in [6.45, 7) is 0. The molecule has 0 saturated carbocycles. The van der Waals surface area contributed by atoms with Crippen molar-refractivity contribution in [2.45, 2.75) is 0 Å². The average molecular weight is 249 g/mol. The first kappa shape index (κ1) is 11.3. The van der Waals surface area contributed by atoms with Crippen LogP contribution in [0.1, 0.15) is 10.5 Å². The van der Waals surface area contributed by atoms with Gasteiger partial charge in [-0.3, -0.25) is 4.79 Å². The van der Waals surface area contributed by atoms with Crippen molar-refractivity contribution in [2.24, 2.45) is 0 Å². The molecule has 0 fully saturated rings. The summed E-state index contributed by atoms with van der Waals surface area (Å²) in [7, 11) is 0. The van der Waals surface area contributed by atoms with Crippen molar-refractivity contribution in [2.75, 3.05) is 0 Å². The molecule has 2 aromatic carbocycles. The molecule has 4 nitrogen and oxygen atoms in total. The number of carbonyl (C=O) groups excluding carboxylic acids is 1. The summed E-state index contributed by atoms with van der Waals surface area (Å²) in [5.41, 5.74) is 2.75. The number of aldehydes is 1. The van der Waals surface area contributed by atoms with Crippen molar-refractivity contribution in [3.63, 3.8) is 0 Å². The van der Waals surface area contributed by atoms with Crippen LogP contribution in [0.4, 0.5) is 0 Å². The predicted octanol–water partition coefficient (Wildman–Crippen LogP) is 2.75. The second kappa shape index (κ2) is 4.86. The third-order valence-electron chi connectivity index (χ3n) is 2.86. The largest absolute Gasteiger partial charge is 0.296 e. The first-order valence-electron chi connectivity index (χ1n) is 5.92. The lowest BCUT2D eigenvalue weighted by molar-refractivity contribution is 0.111. The molecular weight excluding hydrogens is 238 g/mol. The summed E-state index contributed by atoms with van der Waals surface area (Å²) in [5.74, 6) is 0. The van der Waals surface area contributed by atoms with E-state index in [0.29, 0.717) is 11.4 Å². The fourth-order valence-corrected chi connectivity index (χ4v) is 1.96. The van der Waals surface area contributed by atoms with E-state index in [-0.39, 0.29) is 0 Å². The lowest BCUT2D eigenvalue weighted by Crippen LogP contribution is -2.01. The zero-order valence-corrected chi connectivity index (χ0v) is 10.1. The van der Waals surface area contributed by atoms with E-state index in [1.807, 2.05) is 60.7 Å². The first-order chi connectivity index (χ1) is 9.40. The minimum atomic E-state index is 0.456. The molecule has 1 heterocycles. The van der Waals surface area contributed by atoms with Gasteiger partial charge in [-0.25, -0.2) is 4.68 Å². The second-order valence-corrected chi connectivity index (χ2v) is 4.05. The van der Waals surface area contributed by atoms with Gasteiger partial charge in [-0.05, 0) is 12.1 Å². The topological polar surface area (TPSA) is 47.8 Å². The first-order valence-corrected chi connectivity index (χ1v) is 5.92. The van der Waals surface area contributed by atoms with Crippen LogP contribution >= 0.6 is 0 Å². The summed E-state index contributed by atoms with van der Waals surface area (Å²) in [6, 6.07) is 19.0. The van der Waals surface area contributed by atoms with Gasteiger partial charge in [0.15, 0.2) is 6.29 Å². The van der Waals surface area contributed by atoms with Crippen LogP contribution < -0.4 is 0 Å². The quantitative estimate of drug-likeness (QED) is 0.670. The molecule has 3 aromatic rings. The van der Waals surface area contributed by atoms with Gasteiger partial charge in [0.05, 0.1) is 5.69 Å². The van der Waals surface area contributed by atoms with E-state index in [0.717, 1.165) is 17.5 Å². The lowest BCUT2D eigenvalue weighted by atomic mass is 10.1. The summed E-state index contributed by atoms with van der Waals surface area (Å²) in [6.07, 6.45) is 0.787. The number of nitrogens with zero attached hydrogens (tertiary/aromatic N) is 3. The third-order valence-corrected chi connectivity index (χ3v) is 2.86. The number of hydrogen-bond acceptors (Lipinski definition) is 3. The van der Waals surface area contributed by atoms with Crippen molar-refractivity contribution in [1.82, 2.24) is 15.0 Å². The number of rotatable bonds is 3. The van der Waals surface area contributed by atoms with Gasteiger partial charge in [-0.1, -0.05) is 53.7 Å². The Balaban J connectivity index is 2.15. The fourth-order valence-electron chi connectivity index (χ4n) is 1.96. The number of benzene rings is 2. The van der Waals surface area contributed by atoms with Gasteiger partial charge >= 0.3 is 0 Å². The number of aromatic nitrogens is 3. The van der Waals surface area contributed by atoms with E-state index in [9.17, 15) is 4.79 Å². The van der Waals surface area contributed by atoms with Crippen LogP contribution in [0.3, 0.4) is 0 Å². The van der Waals surface area contributed by atoms with Crippen molar-refractivity contribution < 1.29 is 4.79 Å². The van der Waals surface area contributed by atoms with Crippen LogP contribution in [0.5, 0.6) is 0 Å². The Morgan fingerprint density at radius 2 is 1.53 bits per heavy atom. The third kappa shape index (κ3) is 2.04. The van der Waals surface area contributed by atoms with Crippen LogP contribution in [0.25, 0.3) is 16.9 Å². The summed E-state index contributed by atoms with van der Waals surface area (Å²) in [4.78, 5) is 11.4. The van der Waals surface area contributed by atoms with E-state index in [1.165, 1.54) is 0 Å². The smallest absolute Gasteiger partial charge is 0.170 e. The van der Waals surface area contributed by atoms with Gasteiger partial charge in [0.25, 0.3) is 0 Å². The zero-order valence-electron chi connectivity index (χ0n) is 10.1. The van der Waals surface area contributed by atoms with Gasteiger partial charge in [0.2, 0.25) is 0 Å². The molecule has 4 heteroatoms. The maximum Gasteiger partial charge on any atom is 0.170 e. The average Bonchev–Trinajstić information content (AvgIpc) is 2.93. The highest BCUT2D eigenvalue weighted by molar-refractivity contribution is 5.84. The van der Waals surface area contributed by atoms with Crippen LogP contribution in [0, 0.1) is 0 Å². The Bertz CT molecular complexity index is 633. The Hall–Kier alpha value is -2.75. The highest BCUT2D eigenvalue weighted by atomic mass is 16.1. The molecule has 19 heavy (non-hydrogen) atoms. The minimum absolute atomic E-state index is 0.456. The monoisotopic (exact) mass is 249 g/mol. The van der Waals surface area contributed by atoms with Crippen molar-refractivity contribution in [3.8, 4) is 16.9 Å². The number of carbonyl (C=O) groups is 1. The molecule has 0 bridgehead atoms. The molecule has 3 rings (SSSR count). The molecule has 0 aliphatic rings. The molecule has 0 aliphatic carbocycles. The van der Waals surface area contributed by atoms with Gasteiger partial charge < -0.3 is 0 Å². The number of para-hydroxylation sites is 1. The van der Waals surface area contributed by atoms with Crippen molar-refractivity contribution >= 4 is 6.29 Å². The Morgan fingerprint density at radius 1 is 0.895 bits per heavy atom. The van der Waals surface area contributed by atoms with Gasteiger partial charge in [-0.2, -0.15) is 0 Å². The van der Waals surface area contributed by atoms with E-state index in [2.05, 4.69) is 10.3 Å². The predicted molar refractivity (Wildman–Crippen MR) is 72.2 cm³/mol. The summed E-state index contributed by atoms with van der Waals surface area (Å²) < 4.78 is 1.55. The van der Waals surface area contributed by atoms with Gasteiger partial charge in [0.1, 0.15) is 11.4 Å². The van der Waals surface area contributed by atoms with Gasteiger partial charge in [0, 0.05) is 5.56 Å². The lowest BCUT2D eigenvalue weighted by Gasteiger charge is -2.02. The van der Waals surface area contributed by atoms with Crippen LogP contribution in [0.15, 0.2) is 60.7 Å². The standard InChI is InChI=1S/C15H11N3O/c19-11-14-15(12-7-3-1-4-8-12)16-17-18(14)13-9-5-2-6-10-13/h1-11H. The molecule has 0 amide bonds. The molecule has 0 spiro atoms. The van der Waals surface area contributed by atoms with Crippen LogP contribution in [-0.4, -0.2) is 21.3 Å². The molecule has 0 radical (unpaired) electrons. The van der Waals surface area contributed by atoms with E-state index in [1.54, 1.807) is 4.68 Å². The summed E-state index contributed by atoms with van der Waals surface area (Å²) >= 11 is 0. The molecule has 0 atom stereocenters. The normalized spacial score (nSPS) is 10.3. The Morgan fingerprint density at radius 3 is 2.16 bits per heavy atom. The SMILES string of the molecule is O=Cc1c(-c2ccccc2)nnn1-c1ccccc1. The maximum absolute atomic E-state index is 11.4. The van der Waals surface area contributed by atoms with Crippen molar-refractivity contribution in [3.05, 3.63) is 66.4 Å². The molecule has 0 saturated heterocycles. The number of hydrogen-bond donors (Lipinski definition) is 0. The zero-order chi connectivity index (χ0) is 13.1. The van der Waals surface area contributed by atoms with E-state index in [4.69, 9.17) is 0 Å². The molecule has 0 N–H and O–H groups in total. The van der Waals surface area contributed by atoms with Gasteiger partial charge in [-0.15, -0.1) is 5.10 Å². The maximum atomic E-state index is 11.4. The summed E-state index contributed by atoms with van der Waals surface area (Å²) in [5, 5.41) is 8.18. The Kier molecular flexibility index (Phi) is 2.90. The molecular formula is C15H11N3O. The Labute approximate surface area is 110 Å².